The number of aliphatic carboxylic acids is 1. The van der Waals surface area contributed by atoms with Crippen LogP contribution in [-0.4, -0.2) is 28.3 Å². The predicted octanol–water partition coefficient (Wildman–Crippen LogP) is 2.27. The number of alkyl halides is 3. The van der Waals surface area contributed by atoms with Crippen molar-refractivity contribution in [3.63, 3.8) is 0 Å². The Hall–Kier alpha value is -1.86. The quantitative estimate of drug-likeness (QED) is 0.754. The number of aliphatic hydroxyl groups is 1. The highest BCUT2D eigenvalue weighted by Gasteiger charge is 2.33. The van der Waals surface area contributed by atoms with Crippen LogP contribution >= 0.6 is 0 Å². The van der Waals surface area contributed by atoms with Crippen LogP contribution in [0.15, 0.2) is 24.8 Å². The second-order valence-corrected chi connectivity index (χ2v) is 4.77. The van der Waals surface area contributed by atoms with E-state index in [2.05, 4.69) is 11.9 Å². The van der Waals surface area contributed by atoms with Gasteiger partial charge in [0, 0.05) is 6.54 Å². The highest BCUT2D eigenvalue weighted by atomic mass is 19.4. The maximum Gasteiger partial charge on any atom is 0.416 e. The van der Waals surface area contributed by atoms with Gasteiger partial charge < -0.3 is 10.2 Å². The SMILES string of the molecule is C=Cc1cc(CN[C@@](C)(CO)C(=O)O)ccc1C(F)(F)F. The lowest BCUT2D eigenvalue weighted by molar-refractivity contribution is -0.146. The van der Waals surface area contributed by atoms with Crippen LogP contribution in [-0.2, 0) is 17.5 Å². The first-order chi connectivity index (χ1) is 9.64. The van der Waals surface area contributed by atoms with Crippen molar-refractivity contribution in [1.82, 2.24) is 5.32 Å². The Bertz CT molecular complexity index is 543. The second kappa shape index (κ2) is 6.28. The molecule has 21 heavy (non-hydrogen) atoms. The number of hydrogen-bond donors (Lipinski definition) is 3. The van der Waals surface area contributed by atoms with E-state index in [1.807, 2.05) is 0 Å². The predicted molar refractivity (Wildman–Crippen MR) is 71.5 cm³/mol. The van der Waals surface area contributed by atoms with E-state index in [1.54, 1.807) is 0 Å². The molecule has 0 fully saturated rings. The molecule has 0 saturated carbocycles. The molecule has 1 atom stereocenters. The lowest BCUT2D eigenvalue weighted by Gasteiger charge is -2.24. The maximum atomic E-state index is 12.7. The van der Waals surface area contributed by atoms with Gasteiger partial charge in [0.1, 0.15) is 5.54 Å². The smallest absolute Gasteiger partial charge is 0.416 e. The topological polar surface area (TPSA) is 69.6 Å². The molecule has 0 bridgehead atoms. The van der Waals surface area contributed by atoms with Crippen molar-refractivity contribution in [3.05, 3.63) is 41.5 Å². The number of halogens is 3. The van der Waals surface area contributed by atoms with Crippen molar-refractivity contribution in [2.45, 2.75) is 25.2 Å². The molecular formula is C14H16F3NO3. The second-order valence-electron chi connectivity index (χ2n) is 4.77. The van der Waals surface area contributed by atoms with Crippen molar-refractivity contribution in [1.29, 1.82) is 0 Å². The first-order valence-corrected chi connectivity index (χ1v) is 6.06. The van der Waals surface area contributed by atoms with Crippen LogP contribution in [0.5, 0.6) is 0 Å². The van der Waals surface area contributed by atoms with E-state index in [0.717, 1.165) is 12.1 Å². The molecule has 3 N–H and O–H groups in total. The summed E-state index contributed by atoms with van der Waals surface area (Å²) in [7, 11) is 0. The standard InChI is InChI=1S/C14H16F3NO3/c1-3-10-6-9(4-5-11(10)14(15,16)17)7-18-13(2,8-19)12(20)21/h3-6,18-19H,1,7-8H2,2H3,(H,20,21)/t13-/m0/s1. The number of carbonyl (C=O) groups is 1. The monoisotopic (exact) mass is 303 g/mol. The Labute approximate surface area is 119 Å². The van der Waals surface area contributed by atoms with Crippen molar-refractivity contribution in [2.24, 2.45) is 0 Å². The van der Waals surface area contributed by atoms with Gasteiger partial charge in [-0.15, -0.1) is 0 Å². The molecule has 0 radical (unpaired) electrons. The molecule has 0 unspecified atom stereocenters. The van der Waals surface area contributed by atoms with Crippen LogP contribution in [0.3, 0.4) is 0 Å². The number of carboxylic acid groups (broad SMARTS) is 1. The average molecular weight is 303 g/mol. The molecule has 4 nitrogen and oxygen atoms in total. The summed E-state index contributed by atoms with van der Waals surface area (Å²) in [5, 5.41) is 20.7. The number of carboxylic acids is 1. The number of hydrogen-bond acceptors (Lipinski definition) is 3. The molecule has 0 aliphatic carbocycles. The lowest BCUT2D eigenvalue weighted by atomic mass is 10.0. The van der Waals surface area contributed by atoms with Crippen LogP contribution in [0, 0.1) is 0 Å². The minimum absolute atomic E-state index is 0.00232. The third kappa shape index (κ3) is 4.05. The zero-order valence-electron chi connectivity index (χ0n) is 11.4. The van der Waals surface area contributed by atoms with Gasteiger partial charge in [-0.25, -0.2) is 0 Å². The summed E-state index contributed by atoms with van der Waals surface area (Å²) in [4.78, 5) is 11.0. The number of nitrogens with one attached hydrogen (secondary N) is 1. The van der Waals surface area contributed by atoms with Crippen molar-refractivity contribution >= 4 is 12.0 Å². The molecular weight excluding hydrogens is 287 g/mol. The van der Waals surface area contributed by atoms with Crippen molar-refractivity contribution in [2.75, 3.05) is 6.61 Å². The molecule has 7 heteroatoms. The average Bonchev–Trinajstić information content (AvgIpc) is 2.43. The Balaban J connectivity index is 2.97. The molecule has 0 heterocycles. The molecule has 0 aromatic heterocycles. The van der Waals surface area contributed by atoms with Gasteiger partial charge in [0.2, 0.25) is 0 Å². The molecule has 1 aromatic rings. The van der Waals surface area contributed by atoms with E-state index in [1.165, 1.54) is 19.1 Å². The maximum absolute atomic E-state index is 12.7. The fourth-order valence-electron chi connectivity index (χ4n) is 1.65. The fourth-order valence-corrected chi connectivity index (χ4v) is 1.65. The summed E-state index contributed by atoms with van der Waals surface area (Å²) < 4.78 is 38.2. The van der Waals surface area contributed by atoms with Gasteiger partial charge >= 0.3 is 12.1 Å². The van der Waals surface area contributed by atoms with Gasteiger partial charge in [0.15, 0.2) is 0 Å². The van der Waals surface area contributed by atoms with Gasteiger partial charge in [-0.2, -0.15) is 13.2 Å². The van der Waals surface area contributed by atoms with Crippen LogP contribution in [0.25, 0.3) is 6.08 Å². The van der Waals surface area contributed by atoms with Gasteiger partial charge in [-0.1, -0.05) is 18.7 Å². The van der Waals surface area contributed by atoms with Gasteiger partial charge in [-0.05, 0) is 30.2 Å². The lowest BCUT2D eigenvalue weighted by Crippen LogP contribution is -2.52. The van der Waals surface area contributed by atoms with E-state index >= 15 is 0 Å². The molecule has 0 saturated heterocycles. The van der Waals surface area contributed by atoms with E-state index < -0.39 is 29.9 Å². The minimum atomic E-state index is -4.48. The third-order valence-electron chi connectivity index (χ3n) is 3.11. The normalized spacial score (nSPS) is 14.5. The van der Waals surface area contributed by atoms with E-state index in [-0.39, 0.29) is 12.1 Å². The fraction of sp³-hybridized carbons (Fsp3) is 0.357. The molecule has 0 aliphatic heterocycles. The Kier molecular flexibility index (Phi) is 5.14. The number of rotatable bonds is 6. The van der Waals surface area contributed by atoms with Crippen LogP contribution < -0.4 is 5.32 Å². The van der Waals surface area contributed by atoms with E-state index in [9.17, 15) is 18.0 Å². The highest BCUT2D eigenvalue weighted by molar-refractivity contribution is 5.78. The highest BCUT2D eigenvalue weighted by Crippen LogP contribution is 2.33. The Morgan fingerprint density at radius 1 is 1.43 bits per heavy atom. The van der Waals surface area contributed by atoms with Crippen LogP contribution in [0.2, 0.25) is 0 Å². The Morgan fingerprint density at radius 3 is 2.48 bits per heavy atom. The van der Waals surface area contributed by atoms with Crippen molar-refractivity contribution in [3.8, 4) is 0 Å². The van der Waals surface area contributed by atoms with E-state index in [0.29, 0.717) is 5.56 Å². The third-order valence-corrected chi connectivity index (χ3v) is 3.11. The summed E-state index contributed by atoms with van der Waals surface area (Å²) in [5.74, 6) is -1.25. The molecule has 1 rings (SSSR count). The zero-order valence-corrected chi connectivity index (χ0v) is 11.4. The zero-order chi connectivity index (χ0) is 16.3. The summed E-state index contributed by atoms with van der Waals surface area (Å²) >= 11 is 0. The number of benzene rings is 1. The molecule has 0 spiro atoms. The van der Waals surface area contributed by atoms with E-state index in [4.69, 9.17) is 10.2 Å². The summed E-state index contributed by atoms with van der Waals surface area (Å²) in [6, 6.07) is 3.45. The largest absolute Gasteiger partial charge is 0.480 e. The van der Waals surface area contributed by atoms with Crippen LogP contribution in [0.1, 0.15) is 23.6 Å². The van der Waals surface area contributed by atoms with Gasteiger partial charge in [0.25, 0.3) is 0 Å². The van der Waals surface area contributed by atoms with Crippen LogP contribution in [0.4, 0.5) is 13.2 Å². The summed E-state index contributed by atoms with van der Waals surface area (Å²) in [6.07, 6.45) is -3.38. The number of aliphatic hydroxyl groups excluding tert-OH is 1. The molecule has 0 amide bonds. The molecule has 1 aromatic carbocycles. The van der Waals surface area contributed by atoms with Crippen molar-refractivity contribution < 1.29 is 28.2 Å². The first-order valence-electron chi connectivity index (χ1n) is 6.06. The molecule has 116 valence electrons. The van der Waals surface area contributed by atoms with Gasteiger partial charge in [-0.3, -0.25) is 10.1 Å². The molecule has 0 aliphatic rings. The van der Waals surface area contributed by atoms with Gasteiger partial charge in [0.05, 0.1) is 12.2 Å². The Morgan fingerprint density at radius 2 is 2.05 bits per heavy atom. The minimum Gasteiger partial charge on any atom is -0.480 e. The summed E-state index contributed by atoms with van der Waals surface area (Å²) in [6.45, 7) is 3.99. The summed E-state index contributed by atoms with van der Waals surface area (Å²) in [5.41, 5.74) is -1.98. The first kappa shape index (κ1) is 17.2.